The zero-order valence-corrected chi connectivity index (χ0v) is 25.3. The van der Waals surface area contributed by atoms with Crippen LogP contribution in [0.5, 0.6) is 5.75 Å². The molecular formula is C30H46N6O8. The molecule has 6 atom stereocenters. The number of hydrogen-bond acceptors (Lipinski definition) is 9. The Kier molecular flexibility index (Phi) is 12.9. The smallest absolute Gasteiger partial charge is 0.326 e. The molecule has 244 valence electrons. The number of carbonyl (C=O) groups is 5. The molecule has 2 aliphatic rings. The maximum Gasteiger partial charge on any atom is 0.326 e. The molecule has 1 aromatic rings. The van der Waals surface area contributed by atoms with Crippen molar-refractivity contribution in [3.05, 3.63) is 29.8 Å². The van der Waals surface area contributed by atoms with Crippen LogP contribution in [0.25, 0.3) is 0 Å². The minimum absolute atomic E-state index is 0.0124. The highest BCUT2D eigenvalue weighted by atomic mass is 16.4. The van der Waals surface area contributed by atoms with E-state index in [1.54, 1.807) is 26.0 Å². The second-order valence-electron chi connectivity index (χ2n) is 11.9. The van der Waals surface area contributed by atoms with E-state index in [9.17, 15) is 39.3 Å². The van der Waals surface area contributed by atoms with Crippen LogP contribution in [0.15, 0.2) is 24.3 Å². The van der Waals surface area contributed by atoms with Crippen molar-refractivity contribution in [1.82, 2.24) is 26.2 Å². The summed E-state index contributed by atoms with van der Waals surface area (Å²) in [5.41, 5.74) is 6.11. The van der Waals surface area contributed by atoms with Gasteiger partial charge in [0.15, 0.2) is 0 Å². The van der Waals surface area contributed by atoms with E-state index in [-0.39, 0.29) is 37.5 Å². The first-order valence-corrected chi connectivity index (χ1v) is 15.2. The number of carboxylic acids is 1. The molecule has 3 rings (SSSR count). The Bertz CT molecular complexity index is 1160. The lowest BCUT2D eigenvalue weighted by molar-refractivity contribution is -0.142. The SMILES string of the molecule is CC(C)[C@H](NC(=O)[C@@H]1C[C@@H](O)CN1C(=O)[C@@H]1CCCN1)C(=O)N[C@@H](Cc1ccc(O)cc1)C(=O)N[C@@H](CCCCN)C(=O)O. The van der Waals surface area contributed by atoms with Gasteiger partial charge in [-0.25, -0.2) is 4.79 Å². The Labute approximate surface area is 257 Å². The van der Waals surface area contributed by atoms with Gasteiger partial charge in [0.1, 0.15) is 29.9 Å². The molecule has 0 radical (unpaired) electrons. The van der Waals surface area contributed by atoms with E-state index >= 15 is 0 Å². The average Bonchev–Trinajstić information content (AvgIpc) is 3.65. The third kappa shape index (κ3) is 9.63. The fourth-order valence-electron chi connectivity index (χ4n) is 5.55. The zero-order chi connectivity index (χ0) is 32.4. The van der Waals surface area contributed by atoms with E-state index in [0.29, 0.717) is 37.9 Å². The summed E-state index contributed by atoms with van der Waals surface area (Å²) < 4.78 is 0. The van der Waals surface area contributed by atoms with Gasteiger partial charge in [-0.1, -0.05) is 26.0 Å². The highest BCUT2D eigenvalue weighted by molar-refractivity contribution is 5.96. The summed E-state index contributed by atoms with van der Waals surface area (Å²) in [6, 6.07) is 1.13. The first-order chi connectivity index (χ1) is 20.9. The second kappa shape index (κ2) is 16.4. The molecule has 0 spiro atoms. The highest BCUT2D eigenvalue weighted by Crippen LogP contribution is 2.22. The Balaban J connectivity index is 1.76. The number of benzene rings is 1. The van der Waals surface area contributed by atoms with Gasteiger partial charge in [-0.2, -0.15) is 0 Å². The zero-order valence-electron chi connectivity index (χ0n) is 25.3. The van der Waals surface area contributed by atoms with Gasteiger partial charge in [0.2, 0.25) is 23.6 Å². The van der Waals surface area contributed by atoms with Crippen LogP contribution in [-0.4, -0.2) is 106 Å². The van der Waals surface area contributed by atoms with Gasteiger partial charge in [-0.3, -0.25) is 19.2 Å². The van der Waals surface area contributed by atoms with E-state index in [0.717, 1.165) is 6.42 Å². The topological polar surface area (TPSA) is 223 Å². The van der Waals surface area contributed by atoms with Crippen molar-refractivity contribution in [3.8, 4) is 5.75 Å². The molecule has 4 amide bonds. The number of carboxylic acid groups (broad SMARTS) is 1. The van der Waals surface area contributed by atoms with Crippen LogP contribution in [0, 0.1) is 5.92 Å². The first-order valence-electron chi connectivity index (χ1n) is 15.2. The quantitative estimate of drug-likeness (QED) is 0.112. The van der Waals surface area contributed by atoms with Crippen molar-refractivity contribution in [2.75, 3.05) is 19.6 Å². The molecule has 2 heterocycles. The number of hydrogen-bond donors (Lipinski definition) is 8. The van der Waals surface area contributed by atoms with Gasteiger partial charge >= 0.3 is 5.97 Å². The predicted molar refractivity (Wildman–Crippen MR) is 160 cm³/mol. The van der Waals surface area contributed by atoms with E-state index in [1.807, 2.05) is 0 Å². The van der Waals surface area contributed by atoms with Crippen LogP contribution in [0.1, 0.15) is 57.9 Å². The molecule has 2 saturated heterocycles. The van der Waals surface area contributed by atoms with Crippen LogP contribution >= 0.6 is 0 Å². The minimum atomic E-state index is -1.22. The normalized spacial score (nSPS) is 21.8. The van der Waals surface area contributed by atoms with Crippen molar-refractivity contribution in [2.45, 2.75) is 95.1 Å². The Hall–Kier alpha value is -3.75. The summed E-state index contributed by atoms with van der Waals surface area (Å²) in [6.07, 6.45) is 1.82. The van der Waals surface area contributed by atoms with Gasteiger partial charge in [0, 0.05) is 19.4 Å². The van der Waals surface area contributed by atoms with Crippen LogP contribution in [-0.2, 0) is 30.4 Å². The van der Waals surface area contributed by atoms with Crippen molar-refractivity contribution < 1.29 is 39.3 Å². The summed E-state index contributed by atoms with van der Waals surface area (Å²) in [5, 5.41) is 40.6. The number of rotatable bonds is 15. The van der Waals surface area contributed by atoms with Crippen molar-refractivity contribution in [2.24, 2.45) is 11.7 Å². The molecule has 0 saturated carbocycles. The number of unbranched alkanes of at least 4 members (excludes halogenated alkanes) is 1. The van der Waals surface area contributed by atoms with Crippen LogP contribution < -0.4 is 27.0 Å². The standard InChI is InChI=1S/C30H46N6O8/c1-17(2)25(35-27(40)24-15-20(38)16-36(24)29(42)21-7-5-13-32-21)28(41)34-23(14-18-8-10-19(37)11-9-18)26(39)33-22(30(43)44)6-3-4-12-31/h8-11,17,20-25,32,37-38H,3-7,12-16,31H2,1-2H3,(H,33,39)(H,34,41)(H,35,40)(H,43,44)/t20-,21+,22+,23+,24+,25+/m1/s1. The van der Waals surface area contributed by atoms with Crippen molar-refractivity contribution in [1.29, 1.82) is 0 Å². The van der Waals surface area contributed by atoms with E-state index in [2.05, 4.69) is 21.3 Å². The number of aliphatic hydroxyl groups excluding tert-OH is 1. The van der Waals surface area contributed by atoms with E-state index in [1.165, 1.54) is 17.0 Å². The summed E-state index contributed by atoms with van der Waals surface area (Å²) in [6.45, 7) is 4.52. The number of phenolic OH excluding ortho intramolecular Hbond substituents is 1. The first kappa shape index (κ1) is 34.7. The number of aliphatic carboxylic acids is 1. The van der Waals surface area contributed by atoms with Gasteiger partial charge in [0.05, 0.1) is 12.1 Å². The Morgan fingerprint density at radius 3 is 2.30 bits per heavy atom. The molecule has 14 heteroatoms. The lowest BCUT2D eigenvalue weighted by atomic mass is 9.99. The number of nitrogens with one attached hydrogen (secondary N) is 4. The van der Waals surface area contributed by atoms with Gasteiger partial charge in [0.25, 0.3) is 0 Å². The largest absolute Gasteiger partial charge is 0.508 e. The second-order valence-corrected chi connectivity index (χ2v) is 11.9. The fraction of sp³-hybridized carbons (Fsp3) is 0.633. The maximum atomic E-state index is 13.6. The third-order valence-electron chi connectivity index (χ3n) is 8.04. The number of nitrogens with zero attached hydrogens (tertiary/aromatic N) is 1. The molecule has 44 heavy (non-hydrogen) atoms. The molecule has 9 N–H and O–H groups in total. The van der Waals surface area contributed by atoms with Gasteiger partial charge in [-0.05, 0) is 68.8 Å². The summed E-state index contributed by atoms with van der Waals surface area (Å²) >= 11 is 0. The van der Waals surface area contributed by atoms with Crippen LogP contribution in [0.3, 0.4) is 0 Å². The maximum absolute atomic E-state index is 13.6. The number of aliphatic hydroxyl groups is 1. The molecule has 0 unspecified atom stereocenters. The molecule has 2 fully saturated rings. The Morgan fingerprint density at radius 1 is 1.02 bits per heavy atom. The molecule has 0 aromatic heterocycles. The lowest BCUT2D eigenvalue weighted by Crippen LogP contribution is -2.59. The summed E-state index contributed by atoms with van der Waals surface area (Å²) in [7, 11) is 0. The lowest BCUT2D eigenvalue weighted by Gasteiger charge is -2.30. The van der Waals surface area contributed by atoms with Crippen molar-refractivity contribution >= 4 is 29.6 Å². The molecule has 1 aromatic carbocycles. The summed E-state index contributed by atoms with van der Waals surface area (Å²) in [5.74, 6) is -3.88. The summed E-state index contributed by atoms with van der Waals surface area (Å²) in [4.78, 5) is 66.7. The van der Waals surface area contributed by atoms with Crippen LogP contribution in [0.4, 0.5) is 0 Å². The van der Waals surface area contributed by atoms with Crippen molar-refractivity contribution in [3.63, 3.8) is 0 Å². The highest BCUT2D eigenvalue weighted by Gasteiger charge is 2.43. The minimum Gasteiger partial charge on any atom is -0.508 e. The molecule has 2 aliphatic heterocycles. The van der Waals surface area contributed by atoms with E-state index in [4.69, 9.17) is 5.73 Å². The monoisotopic (exact) mass is 618 g/mol. The van der Waals surface area contributed by atoms with Gasteiger partial charge < -0.3 is 47.2 Å². The number of amides is 4. The van der Waals surface area contributed by atoms with Crippen LogP contribution in [0.2, 0.25) is 0 Å². The number of aromatic hydroxyl groups is 1. The molecule has 0 bridgehead atoms. The predicted octanol–water partition coefficient (Wildman–Crippen LogP) is -1.03. The number of carbonyl (C=O) groups excluding carboxylic acids is 4. The fourth-order valence-corrected chi connectivity index (χ4v) is 5.55. The number of nitrogens with two attached hydrogens (primary N) is 1. The van der Waals surface area contributed by atoms with E-state index < -0.39 is 65.9 Å². The number of β-amino-alcohol motifs (C(OH)–C–C–N with tert-alkyl or cyclic N) is 1. The van der Waals surface area contributed by atoms with Gasteiger partial charge in [-0.15, -0.1) is 0 Å². The third-order valence-corrected chi connectivity index (χ3v) is 8.04. The molecular weight excluding hydrogens is 572 g/mol. The number of likely N-dealkylation sites (tertiary alicyclic amines) is 1. The number of phenols is 1. The molecule has 14 nitrogen and oxygen atoms in total. The molecule has 0 aliphatic carbocycles. The average molecular weight is 619 g/mol. The Morgan fingerprint density at radius 2 is 1.70 bits per heavy atom.